The lowest BCUT2D eigenvalue weighted by Gasteiger charge is -2.15. The molecule has 0 aromatic heterocycles. The van der Waals surface area contributed by atoms with Gasteiger partial charge in [0, 0.05) is 12.6 Å². The van der Waals surface area contributed by atoms with Crippen LogP contribution in [0.5, 0.6) is 0 Å². The molecule has 18 heavy (non-hydrogen) atoms. The standard InChI is InChI=1S/C13H13F3N2/c14-10-4-8(5-11(15)13(10)16)7-18-12-3-1-2-9(12)6-17/h4-5,9,12,18H,1-3,7H2. The number of benzene rings is 1. The van der Waals surface area contributed by atoms with Crippen LogP contribution in [0.1, 0.15) is 24.8 Å². The fraction of sp³-hybridized carbons (Fsp3) is 0.462. The van der Waals surface area contributed by atoms with E-state index < -0.39 is 17.5 Å². The molecule has 0 spiro atoms. The molecule has 0 aliphatic heterocycles. The maximum absolute atomic E-state index is 13.0. The maximum Gasteiger partial charge on any atom is 0.194 e. The van der Waals surface area contributed by atoms with Crippen LogP contribution in [0.2, 0.25) is 0 Å². The molecule has 96 valence electrons. The summed E-state index contributed by atoms with van der Waals surface area (Å²) >= 11 is 0. The highest BCUT2D eigenvalue weighted by Gasteiger charge is 2.26. The Labute approximate surface area is 103 Å². The molecule has 2 unspecified atom stereocenters. The van der Waals surface area contributed by atoms with Crippen LogP contribution >= 0.6 is 0 Å². The number of hydrogen-bond acceptors (Lipinski definition) is 2. The number of halogens is 3. The first-order valence-corrected chi connectivity index (χ1v) is 5.88. The molecule has 5 heteroatoms. The van der Waals surface area contributed by atoms with Crippen molar-refractivity contribution in [2.75, 3.05) is 0 Å². The molecule has 1 aromatic rings. The summed E-state index contributed by atoms with van der Waals surface area (Å²) in [6.45, 7) is 0.233. The topological polar surface area (TPSA) is 35.8 Å². The Hall–Kier alpha value is -1.54. The minimum absolute atomic E-state index is 0.0474. The zero-order chi connectivity index (χ0) is 13.1. The van der Waals surface area contributed by atoms with Crippen molar-refractivity contribution in [3.8, 4) is 6.07 Å². The zero-order valence-electron chi connectivity index (χ0n) is 9.72. The SMILES string of the molecule is N#CC1CCCC1NCc1cc(F)c(F)c(F)c1. The van der Waals surface area contributed by atoms with Gasteiger partial charge in [-0.25, -0.2) is 13.2 Å². The normalized spacial score (nSPS) is 23.0. The van der Waals surface area contributed by atoms with Crippen molar-refractivity contribution in [1.82, 2.24) is 5.32 Å². The smallest absolute Gasteiger partial charge is 0.194 e. The van der Waals surface area contributed by atoms with Crippen LogP contribution in [0.25, 0.3) is 0 Å². The number of nitrogens with zero attached hydrogens (tertiary/aromatic N) is 1. The zero-order valence-corrected chi connectivity index (χ0v) is 9.72. The fourth-order valence-corrected chi connectivity index (χ4v) is 2.32. The van der Waals surface area contributed by atoms with Gasteiger partial charge in [-0.1, -0.05) is 6.42 Å². The van der Waals surface area contributed by atoms with Crippen molar-refractivity contribution < 1.29 is 13.2 Å². The summed E-state index contributed by atoms with van der Waals surface area (Å²) in [5.41, 5.74) is 0.343. The van der Waals surface area contributed by atoms with Gasteiger partial charge in [0.25, 0.3) is 0 Å². The van der Waals surface area contributed by atoms with E-state index in [2.05, 4.69) is 11.4 Å². The summed E-state index contributed by atoms with van der Waals surface area (Å²) in [6, 6.07) is 4.21. The molecule has 1 fully saturated rings. The predicted octanol–water partition coefficient (Wildman–Crippen LogP) is 2.89. The third-order valence-electron chi connectivity index (χ3n) is 3.29. The Bertz CT molecular complexity index is 459. The molecule has 1 N–H and O–H groups in total. The van der Waals surface area contributed by atoms with E-state index in [4.69, 9.17) is 5.26 Å². The summed E-state index contributed by atoms with van der Waals surface area (Å²) in [5.74, 6) is -3.88. The molecule has 2 nitrogen and oxygen atoms in total. The van der Waals surface area contributed by atoms with Gasteiger partial charge < -0.3 is 5.32 Å². The third kappa shape index (κ3) is 2.65. The molecule has 1 aliphatic carbocycles. The number of hydrogen-bond donors (Lipinski definition) is 1. The van der Waals surface area contributed by atoms with Crippen LogP contribution in [0.4, 0.5) is 13.2 Å². The largest absolute Gasteiger partial charge is 0.309 e. The fourth-order valence-electron chi connectivity index (χ4n) is 2.32. The van der Waals surface area contributed by atoms with Gasteiger partial charge in [-0.15, -0.1) is 0 Å². The average Bonchev–Trinajstić information content (AvgIpc) is 2.80. The monoisotopic (exact) mass is 254 g/mol. The molecule has 0 heterocycles. The molecule has 1 aromatic carbocycles. The second kappa shape index (κ2) is 5.40. The highest BCUT2D eigenvalue weighted by atomic mass is 19.2. The molecule has 0 bridgehead atoms. The second-order valence-electron chi connectivity index (χ2n) is 4.53. The van der Waals surface area contributed by atoms with E-state index in [9.17, 15) is 13.2 Å². The molecule has 1 saturated carbocycles. The lowest BCUT2D eigenvalue weighted by Crippen LogP contribution is -2.31. The van der Waals surface area contributed by atoms with E-state index >= 15 is 0 Å². The Balaban J connectivity index is 2.01. The van der Waals surface area contributed by atoms with Crippen molar-refractivity contribution in [2.45, 2.75) is 31.8 Å². The molecular weight excluding hydrogens is 241 g/mol. The molecule has 0 saturated heterocycles. The van der Waals surface area contributed by atoms with E-state index in [0.29, 0.717) is 5.56 Å². The lowest BCUT2D eigenvalue weighted by atomic mass is 10.1. The van der Waals surface area contributed by atoms with Gasteiger partial charge in [0.2, 0.25) is 0 Å². The first-order valence-electron chi connectivity index (χ1n) is 5.88. The van der Waals surface area contributed by atoms with Crippen LogP contribution in [0, 0.1) is 34.7 Å². The highest BCUT2D eigenvalue weighted by molar-refractivity contribution is 5.19. The van der Waals surface area contributed by atoms with Gasteiger partial charge in [0.1, 0.15) is 0 Å². The summed E-state index contributed by atoms with van der Waals surface area (Å²) in [7, 11) is 0. The molecule has 2 rings (SSSR count). The lowest BCUT2D eigenvalue weighted by molar-refractivity contribution is 0.437. The first-order chi connectivity index (χ1) is 8.61. The molecular formula is C13H13F3N2. The minimum Gasteiger partial charge on any atom is -0.309 e. The van der Waals surface area contributed by atoms with E-state index in [0.717, 1.165) is 31.4 Å². The van der Waals surface area contributed by atoms with Gasteiger partial charge in [0.05, 0.1) is 12.0 Å². The third-order valence-corrected chi connectivity index (χ3v) is 3.29. The number of rotatable bonds is 3. The Morgan fingerprint density at radius 3 is 2.50 bits per heavy atom. The van der Waals surface area contributed by atoms with Gasteiger partial charge >= 0.3 is 0 Å². The Morgan fingerprint density at radius 1 is 1.22 bits per heavy atom. The first kappa shape index (κ1) is 12.9. The summed E-state index contributed by atoms with van der Waals surface area (Å²) in [4.78, 5) is 0. The predicted molar refractivity (Wildman–Crippen MR) is 59.9 cm³/mol. The number of nitrogens with one attached hydrogen (secondary N) is 1. The van der Waals surface area contributed by atoms with Crippen LogP contribution in [-0.4, -0.2) is 6.04 Å². The van der Waals surface area contributed by atoms with Gasteiger partial charge in [0.15, 0.2) is 17.5 Å². The molecule has 2 atom stereocenters. The van der Waals surface area contributed by atoms with E-state index in [1.807, 2.05) is 0 Å². The van der Waals surface area contributed by atoms with E-state index in [1.54, 1.807) is 0 Å². The number of nitriles is 1. The molecule has 1 aliphatic rings. The van der Waals surface area contributed by atoms with Crippen molar-refractivity contribution in [2.24, 2.45) is 5.92 Å². The maximum atomic E-state index is 13.0. The van der Waals surface area contributed by atoms with Gasteiger partial charge in [-0.3, -0.25) is 0 Å². The van der Waals surface area contributed by atoms with Crippen LogP contribution in [0.3, 0.4) is 0 Å². The molecule has 0 radical (unpaired) electrons. The second-order valence-corrected chi connectivity index (χ2v) is 4.53. The minimum atomic E-state index is -1.45. The molecule has 0 amide bonds. The van der Waals surface area contributed by atoms with Crippen LogP contribution in [-0.2, 0) is 6.54 Å². The summed E-state index contributed by atoms with van der Waals surface area (Å²) in [5, 5.41) is 12.0. The van der Waals surface area contributed by atoms with E-state index in [-0.39, 0.29) is 18.5 Å². The van der Waals surface area contributed by atoms with E-state index in [1.165, 1.54) is 0 Å². The Kier molecular flexibility index (Phi) is 3.87. The van der Waals surface area contributed by atoms with Gasteiger partial charge in [-0.05, 0) is 30.5 Å². The van der Waals surface area contributed by atoms with Crippen molar-refractivity contribution in [3.05, 3.63) is 35.1 Å². The van der Waals surface area contributed by atoms with Crippen LogP contribution < -0.4 is 5.32 Å². The summed E-state index contributed by atoms with van der Waals surface area (Å²) in [6.07, 6.45) is 2.70. The summed E-state index contributed by atoms with van der Waals surface area (Å²) < 4.78 is 38.7. The highest BCUT2D eigenvalue weighted by Crippen LogP contribution is 2.25. The quantitative estimate of drug-likeness (QED) is 0.842. The average molecular weight is 254 g/mol. The van der Waals surface area contributed by atoms with Crippen molar-refractivity contribution in [3.63, 3.8) is 0 Å². The van der Waals surface area contributed by atoms with Crippen LogP contribution in [0.15, 0.2) is 12.1 Å². The Morgan fingerprint density at radius 2 is 1.89 bits per heavy atom. The van der Waals surface area contributed by atoms with Crippen molar-refractivity contribution >= 4 is 0 Å². The van der Waals surface area contributed by atoms with Gasteiger partial charge in [-0.2, -0.15) is 5.26 Å². The van der Waals surface area contributed by atoms with Crippen molar-refractivity contribution in [1.29, 1.82) is 5.26 Å².